The van der Waals surface area contributed by atoms with Crippen LogP contribution in [0.5, 0.6) is 0 Å². The fourth-order valence-corrected chi connectivity index (χ4v) is 3.12. The van der Waals surface area contributed by atoms with Crippen molar-refractivity contribution in [3.8, 4) is 0 Å². The number of hydrogen-bond donors (Lipinski definition) is 1. The molecule has 26 heavy (non-hydrogen) atoms. The minimum atomic E-state index is 0.597. The molecule has 1 saturated heterocycles. The van der Waals surface area contributed by atoms with Gasteiger partial charge in [0.15, 0.2) is 5.82 Å². The lowest BCUT2D eigenvalue weighted by Gasteiger charge is -2.09. The van der Waals surface area contributed by atoms with E-state index >= 15 is 0 Å². The van der Waals surface area contributed by atoms with Gasteiger partial charge in [-0.25, -0.2) is 0 Å². The van der Waals surface area contributed by atoms with Crippen LogP contribution in [0, 0.1) is 6.92 Å². The predicted octanol–water partition coefficient (Wildman–Crippen LogP) is 5.13. The summed E-state index contributed by atoms with van der Waals surface area (Å²) in [7, 11) is 0. The van der Waals surface area contributed by atoms with E-state index < -0.39 is 0 Å². The molecular weight excluding hydrogens is 322 g/mol. The average Bonchev–Trinajstić information content (AvgIpc) is 3.23. The van der Waals surface area contributed by atoms with Gasteiger partial charge < -0.3 is 10.1 Å². The Kier molecular flexibility index (Phi) is 6.56. The predicted molar refractivity (Wildman–Crippen MR) is 107 cm³/mol. The summed E-state index contributed by atoms with van der Waals surface area (Å²) in [5.41, 5.74) is 2.19. The van der Waals surface area contributed by atoms with E-state index in [2.05, 4.69) is 46.7 Å². The monoisotopic (exact) mass is 349 g/mol. The molecule has 1 aliphatic heterocycles. The SMILES string of the molecule is CCC1CCCO1.Cc1nnc(NCc2ccccc2)c2ccccc12. The molecule has 1 atom stereocenters. The average molecular weight is 349 g/mol. The largest absolute Gasteiger partial charge is 0.378 e. The number of nitrogens with zero attached hydrogens (tertiary/aromatic N) is 2. The van der Waals surface area contributed by atoms with Gasteiger partial charge in [0.05, 0.1) is 11.8 Å². The summed E-state index contributed by atoms with van der Waals surface area (Å²) in [4.78, 5) is 0. The number of hydrogen-bond acceptors (Lipinski definition) is 4. The van der Waals surface area contributed by atoms with E-state index in [-0.39, 0.29) is 0 Å². The molecule has 4 heteroatoms. The lowest BCUT2D eigenvalue weighted by Crippen LogP contribution is -2.04. The summed E-state index contributed by atoms with van der Waals surface area (Å²) in [6.07, 6.45) is 4.36. The molecule has 2 aromatic carbocycles. The Balaban J connectivity index is 0.000000236. The van der Waals surface area contributed by atoms with E-state index in [9.17, 15) is 0 Å². The first-order valence-electron chi connectivity index (χ1n) is 9.39. The summed E-state index contributed by atoms with van der Waals surface area (Å²) >= 11 is 0. The first-order chi connectivity index (χ1) is 12.8. The lowest BCUT2D eigenvalue weighted by molar-refractivity contribution is 0.108. The van der Waals surface area contributed by atoms with E-state index in [4.69, 9.17) is 4.74 Å². The van der Waals surface area contributed by atoms with E-state index in [1.54, 1.807) is 0 Å². The van der Waals surface area contributed by atoms with Gasteiger partial charge in [-0.3, -0.25) is 0 Å². The van der Waals surface area contributed by atoms with E-state index in [1.165, 1.54) is 24.8 Å². The zero-order valence-electron chi connectivity index (χ0n) is 15.6. The molecule has 0 aliphatic carbocycles. The number of ether oxygens (including phenoxy) is 1. The molecule has 1 aromatic heterocycles. The van der Waals surface area contributed by atoms with Crippen molar-refractivity contribution in [3.63, 3.8) is 0 Å². The molecular formula is C22H27N3O. The summed E-state index contributed by atoms with van der Waals surface area (Å²) in [5.74, 6) is 0.838. The number of rotatable bonds is 4. The summed E-state index contributed by atoms with van der Waals surface area (Å²) in [5, 5.41) is 14.1. The Bertz CT molecular complexity index is 814. The molecule has 4 nitrogen and oxygen atoms in total. The van der Waals surface area contributed by atoms with Gasteiger partial charge in [0.2, 0.25) is 0 Å². The van der Waals surface area contributed by atoms with Gasteiger partial charge in [-0.15, -0.1) is 5.10 Å². The number of nitrogens with one attached hydrogen (secondary N) is 1. The maximum atomic E-state index is 5.30. The standard InChI is InChI=1S/C16H15N3.C6H12O/c1-12-14-9-5-6-10-15(14)16(19-18-12)17-11-13-7-3-2-4-8-13;1-2-6-4-3-5-7-6/h2-10H,11H2,1H3,(H,17,19);6H,2-5H2,1H3. The van der Waals surface area contributed by atoms with Crippen molar-refractivity contribution >= 4 is 16.6 Å². The van der Waals surface area contributed by atoms with Crippen molar-refractivity contribution in [2.75, 3.05) is 11.9 Å². The second kappa shape index (κ2) is 9.30. The smallest absolute Gasteiger partial charge is 0.156 e. The second-order valence-corrected chi connectivity index (χ2v) is 6.56. The van der Waals surface area contributed by atoms with Crippen LogP contribution in [0.4, 0.5) is 5.82 Å². The van der Waals surface area contributed by atoms with Gasteiger partial charge in [-0.1, -0.05) is 61.5 Å². The van der Waals surface area contributed by atoms with Gasteiger partial charge in [-0.2, -0.15) is 5.10 Å². The van der Waals surface area contributed by atoms with Crippen LogP contribution in [0.25, 0.3) is 10.8 Å². The second-order valence-electron chi connectivity index (χ2n) is 6.56. The first kappa shape index (κ1) is 18.3. The Hall–Kier alpha value is -2.46. The molecule has 1 unspecified atom stereocenters. The fraction of sp³-hybridized carbons (Fsp3) is 0.364. The van der Waals surface area contributed by atoms with Gasteiger partial charge in [0, 0.05) is 23.9 Å². The maximum absolute atomic E-state index is 5.30. The zero-order chi connectivity index (χ0) is 18.2. The van der Waals surface area contributed by atoms with E-state index in [1.807, 2.05) is 37.3 Å². The summed E-state index contributed by atoms with van der Waals surface area (Å²) in [6, 6.07) is 18.5. The highest BCUT2D eigenvalue weighted by Crippen LogP contribution is 2.22. The topological polar surface area (TPSA) is 47.0 Å². The third-order valence-electron chi connectivity index (χ3n) is 4.65. The summed E-state index contributed by atoms with van der Waals surface area (Å²) < 4.78 is 5.30. The van der Waals surface area contributed by atoms with Crippen molar-refractivity contribution in [3.05, 3.63) is 65.9 Å². The van der Waals surface area contributed by atoms with Crippen LogP contribution in [0.3, 0.4) is 0 Å². The van der Waals surface area contributed by atoms with Crippen LogP contribution < -0.4 is 5.32 Å². The van der Waals surface area contributed by atoms with Gasteiger partial charge in [-0.05, 0) is 31.7 Å². The molecule has 1 aliphatic rings. The molecule has 0 bridgehead atoms. The third-order valence-corrected chi connectivity index (χ3v) is 4.65. The van der Waals surface area contributed by atoms with Gasteiger partial charge >= 0.3 is 0 Å². The molecule has 1 N–H and O–H groups in total. The quantitative estimate of drug-likeness (QED) is 0.710. The van der Waals surface area contributed by atoms with Crippen LogP contribution in [0.2, 0.25) is 0 Å². The van der Waals surface area contributed by atoms with Crippen LogP contribution in [-0.4, -0.2) is 22.9 Å². The molecule has 136 valence electrons. The molecule has 2 heterocycles. The van der Waals surface area contributed by atoms with Crippen LogP contribution >= 0.6 is 0 Å². The van der Waals surface area contributed by atoms with E-state index in [0.29, 0.717) is 6.10 Å². The molecule has 0 amide bonds. The lowest BCUT2D eigenvalue weighted by atomic mass is 10.1. The van der Waals surface area contributed by atoms with Crippen molar-refractivity contribution in [2.45, 2.75) is 45.8 Å². The third kappa shape index (κ3) is 4.79. The molecule has 0 spiro atoms. The minimum absolute atomic E-state index is 0.597. The van der Waals surface area contributed by atoms with Crippen molar-refractivity contribution in [1.29, 1.82) is 0 Å². The Morgan fingerprint density at radius 3 is 2.38 bits per heavy atom. The summed E-state index contributed by atoms with van der Waals surface area (Å²) in [6.45, 7) is 5.91. The molecule has 1 fully saturated rings. The Morgan fingerprint density at radius 2 is 1.73 bits per heavy atom. The highest BCUT2D eigenvalue weighted by molar-refractivity contribution is 5.92. The van der Waals surface area contributed by atoms with Crippen LogP contribution in [0.1, 0.15) is 37.4 Å². The number of benzene rings is 2. The maximum Gasteiger partial charge on any atom is 0.156 e. The van der Waals surface area contributed by atoms with E-state index in [0.717, 1.165) is 35.4 Å². The molecule has 4 rings (SSSR count). The number of anilines is 1. The number of aromatic nitrogens is 2. The van der Waals surface area contributed by atoms with Crippen LogP contribution in [-0.2, 0) is 11.3 Å². The van der Waals surface area contributed by atoms with Crippen molar-refractivity contribution < 1.29 is 4.74 Å². The zero-order valence-corrected chi connectivity index (χ0v) is 15.6. The number of fused-ring (bicyclic) bond motifs is 1. The molecule has 0 radical (unpaired) electrons. The Morgan fingerprint density at radius 1 is 1.00 bits per heavy atom. The van der Waals surface area contributed by atoms with Crippen LogP contribution in [0.15, 0.2) is 54.6 Å². The first-order valence-corrected chi connectivity index (χ1v) is 9.39. The minimum Gasteiger partial charge on any atom is -0.378 e. The highest BCUT2D eigenvalue weighted by Gasteiger charge is 2.11. The fourth-order valence-electron chi connectivity index (χ4n) is 3.12. The molecule has 0 saturated carbocycles. The normalized spacial score (nSPS) is 16.2. The van der Waals surface area contributed by atoms with Gasteiger partial charge in [0.25, 0.3) is 0 Å². The van der Waals surface area contributed by atoms with Crippen molar-refractivity contribution in [2.24, 2.45) is 0 Å². The van der Waals surface area contributed by atoms with Crippen molar-refractivity contribution in [1.82, 2.24) is 10.2 Å². The Labute approximate surface area is 155 Å². The number of aryl methyl sites for hydroxylation is 1. The molecule has 3 aromatic rings. The highest BCUT2D eigenvalue weighted by atomic mass is 16.5. The van der Waals surface area contributed by atoms with Gasteiger partial charge in [0.1, 0.15) is 0 Å².